The molecule has 0 bridgehead atoms. The van der Waals surface area contributed by atoms with Crippen molar-refractivity contribution in [3.8, 4) is 5.75 Å². The molecule has 0 radical (unpaired) electrons. The number of anilines is 1. The first-order valence-electron chi connectivity index (χ1n) is 6.27. The monoisotopic (exact) mass is 319 g/mol. The number of ether oxygens (including phenoxy) is 1. The summed E-state index contributed by atoms with van der Waals surface area (Å²) in [7, 11) is 1.69. The van der Waals surface area contributed by atoms with Gasteiger partial charge in [0.25, 0.3) is 0 Å². The Balaban J connectivity index is 2.17. The second-order valence-corrected chi connectivity index (χ2v) is 5.43. The maximum absolute atomic E-state index is 5.27. The van der Waals surface area contributed by atoms with E-state index in [4.69, 9.17) is 4.74 Å². The maximum Gasteiger partial charge on any atom is 0.121 e. The standard InChI is InChI=1S/C16H18BrNO/c1-11-10-13(8-9-16(11)19-3)18-12(2)14-6-4-5-7-15(14)17/h4-10,12,18H,1-3H3. The first kappa shape index (κ1) is 13.9. The Morgan fingerprint density at radius 3 is 2.53 bits per heavy atom. The van der Waals surface area contributed by atoms with Crippen molar-refractivity contribution in [1.29, 1.82) is 0 Å². The summed E-state index contributed by atoms with van der Waals surface area (Å²) in [6.07, 6.45) is 0. The van der Waals surface area contributed by atoms with Gasteiger partial charge in [0.1, 0.15) is 5.75 Å². The van der Waals surface area contributed by atoms with E-state index in [-0.39, 0.29) is 6.04 Å². The molecule has 0 spiro atoms. The Bertz CT molecular complexity index is 568. The van der Waals surface area contributed by atoms with Crippen LogP contribution in [0.3, 0.4) is 0 Å². The molecule has 0 aliphatic rings. The predicted octanol–water partition coefficient (Wildman–Crippen LogP) is 4.94. The van der Waals surface area contributed by atoms with E-state index in [0.717, 1.165) is 21.5 Å². The average Bonchev–Trinajstić information content (AvgIpc) is 2.39. The highest BCUT2D eigenvalue weighted by molar-refractivity contribution is 9.10. The van der Waals surface area contributed by atoms with Crippen molar-refractivity contribution in [1.82, 2.24) is 0 Å². The smallest absolute Gasteiger partial charge is 0.121 e. The van der Waals surface area contributed by atoms with Crippen LogP contribution in [0.5, 0.6) is 5.75 Å². The van der Waals surface area contributed by atoms with Gasteiger partial charge >= 0.3 is 0 Å². The molecular weight excluding hydrogens is 302 g/mol. The second kappa shape index (κ2) is 6.11. The van der Waals surface area contributed by atoms with E-state index < -0.39 is 0 Å². The fourth-order valence-electron chi connectivity index (χ4n) is 2.12. The minimum absolute atomic E-state index is 0.239. The number of benzene rings is 2. The summed E-state index contributed by atoms with van der Waals surface area (Å²) in [5, 5.41) is 3.51. The van der Waals surface area contributed by atoms with Gasteiger partial charge in [-0.3, -0.25) is 0 Å². The van der Waals surface area contributed by atoms with Crippen molar-refractivity contribution in [3.63, 3.8) is 0 Å². The lowest BCUT2D eigenvalue weighted by Gasteiger charge is -2.18. The van der Waals surface area contributed by atoms with E-state index in [1.807, 2.05) is 25.1 Å². The van der Waals surface area contributed by atoms with Crippen LogP contribution in [0.15, 0.2) is 46.9 Å². The molecule has 0 amide bonds. The van der Waals surface area contributed by atoms with Gasteiger partial charge in [-0.1, -0.05) is 34.1 Å². The van der Waals surface area contributed by atoms with E-state index in [2.05, 4.69) is 52.4 Å². The Labute approximate surface area is 122 Å². The van der Waals surface area contributed by atoms with Crippen LogP contribution in [0.1, 0.15) is 24.1 Å². The molecule has 1 atom stereocenters. The summed E-state index contributed by atoms with van der Waals surface area (Å²) in [5.41, 5.74) is 3.48. The van der Waals surface area contributed by atoms with Gasteiger partial charge in [0, 0.05) is 16.2 Å². The minimum Gasteiger partial charge on any atom is -0.496 e. The van der Waals surface area contributed by atoms with Crippen LogP contribution in [0.25, 0.3) is 0 Å². The Morgan fingerprint density at radius 1 is 1.16 bits per heavy atom. The molecule has 0 aliphatic carbocycles. The van der Waals surface area contributed by atoms with Gasteiger partial charge in [-0.15, -0.1) is 0 Å². The van der Waals surface area contributed by atoms with Crippen molar-refractivity contribution < 1.29 is 4.74 Å². The van der Waals surface area contributed by atoms with E-state index in [1.54, 1.807) is 7.11 Å². The Hall–Kier alpha value is -1.48. The van der Waals surface area contributed by atoms with Crippen molar-refractivity contribution in [3.05, 3.63) is 58.1 Å². The second-order valence-electron chi connectivity index (χ2n) is 4.57. The third-order valence-corrected chi connectivity index (χ3v) is 3.87. The summed E-state index contributed by atoms with van der Waals surface area (Å²) in [6.45, 7) is 4.20. The SMILES string of the molecule is COc1ccc(NC(C)c2ccccc2Br)cc1C. The molecule has 19 heavy (non-hydrogen) atoms. The fourth-order valence-corrected chi connectivity index (χ4v) is 2.75. The molecule has 0 heterocycles. The summed E-state index contributed by atoms with van der Waals surface area (Å²) < 4.78 is 6.40. The molecule has 100 valence electrons. The highest BCUT2D eigenvalue weighted by atomic mass is 79.9. The highest BCUT2D eigenvalue weighted by Gasteiger charge is 2.09. The zero-order valence-corrected chi connectivity index (χ0v) is 13.0. The first-order chi connectivity index (χ1) is 9.11. The van der Waals surface area contributed by atoms with Crippen molar-refractivity contribution in [2.24, 2.45) is 0 Å². The van der Waals surface area contributed by atoms with Gasteiger partial charge in [-0.2, -0.15) is 0 Å². The average molecular weight is 320 g/mol. The number of methoxy groups -OCH3 is 1. The zero-order chi connectivity index (χ0) is 13.8. The van der Waals surface area contributed by atoms with Crippen molar-refractivity contribution in [2.75, 3.05) is 12.4 Å². The molecule has 0 aliphatic heterocycles. The lowest BCUT2D eigenvalue weighted by Crippen LogP contribution is -2.07. The first-order valence-corrected chi connectivity index (χ1v) is 7.06. The minimum atomic E-state index is 0.239. The van der Waals surface area contributed by atoms with Crippen LogP contribution in [-0.4, -0.2) is 7.11 Å². The number of nitrogens with one attached hydrogen (secondary N) is 1. The number of halogens is 1. The van der Waals surface area contributed by atoms with Gasteiger partial charge in [-0.05, 0) is 49.2 Å². The number of hydrogen-bond acceptors (Lipinski definition) is 2. The highest BCUT2D eigenvalue weighted by Crippen LogP contribution is 2.28. The number of rotatable bonds is 4. The van der Waals surface area contributed by atoms with Crippen molar-refractivity contribution >= 4 is 21.6 Å². The molecule has 1 unspecified atom stereocenters. The molecule has 3 heteroatoms. The topological polar surface area (TPSA) is 21.3 Å². The van der Waals surface area contributed by atoms with Crippen LogP contribution in [-0.2, 0) is 0 Å². The van der Waals surface area contributed by atoms with Gasteiger partial charge in [0.15, 0.2) is 0 Å². The Kier molecular flexibility index (Phi) is 4.48. The van der Waals surface area contributed by atoms with Gasteiger partial charge in [0.2, 0.25) is 0 Å². The lowest BCUT2D eigenvalue weighted by molar-refractivity contribution is 0.412. The van der Waals surface area contributed by atoms with E-state index >= 15 is 0 Å². The molecule has 0 aromatic heterocycles. The third kappa shape index (κ3) is 3.29. The van der Waals surface area contributed by atoms with E-state index in [1.165, 1.54) is 5.56 Å². The third-order valence-electron chi connectivity index (χ3n) is 3.15. The zero-order valence-electron chi connectivity index (χ0n) is 11.4. The van der Waals surface area contributed by atoms with Crippen LogP contribution in [0.2, 0.25) is 0 Å². The van der Waals surface area contributed by atoms with Crippen LogP contribution >= 0.6 is 15.9 Å². The predicted molar refractivity (Wildman–Crippen MR) is 83.9 cm³/mol. The van der Waals surface area contributed by atoms with Crippen LogP contribution < -0.4 is 10.1 Å². The van der Waals surface area contributed by atoms with Gasteiger partial charge in [-0.25, -0.2) is 0 Å². The van der Waals surface area contributed by atoms with Crippen LogP contribution in [0, 0.1) is 6.92 Å². The normalized spacial score (nSPS) is 12.0. The summed E-state index contributed by atoms with van der Waals surface area (Å²) in [5.74, 6) is 0.916. The molecule has 0 saturated carbocycles. The largest absolute Gasteiger partial charge is 0.496 e. The number of aryl methyl sites for hydroxylation is 1. The molecular formula is C16H18BrNO. The summed E-state index contributed by atoms with van der Waals surface area (Å²) in [4.78, 5) is 0. The fraction of sp³-hybridized carbons (Fsp3) is 0.250. The van der Waals surface area contributed by atoms with Gasteiger partial charge in [0.05, 0.1) is 7.11 Å². The number of hydrogen-bond donors (Lipinski definition) is 1. The molecule has 2 aromatic rings. The Morgan fingerprint density at radius 2 is 1.89 bits per heavy atom. The van der Waals surface area contributed by atoms with E-state index in [0.29, 0.717) is 0 Å². The molecule has 2 rings (SSSR count). The molecule has 2 nitrogen and oxygen atoms in total. The molecule has 0 fully saturated rings. The summed E-state index contributed by atoms with van der Waals surface area (Å²) in [6, 6.07) is 14.6. The van der Waals surface area contributed by atoms with E-state index in [9.17, 15) is 0 Å². The maximum atomic E-state index is 5.27. The lowest BCUT2D eigenvalue weighted by atomic mass is 10.1. The molecule has 0 saturated heterocycles. The van der Waals surface area contributed by atoms with Crippen molar-refractivity contribution in [2.45, 2.75) is 19.9 Å². The van der Waals surface area contributed by atoms with Crippen LogP contribution in [0.4, 0.5) is 5.69 Å². The quantitative estimate of drug-likeness (QED) is 0.861. The summed E-state index contributed by atoms with van der Waals surface area (Å²) >= 11 is 3.59. The molecule has 1 N–H and O–H groups in total. The van der Waals surface area contributed by atoms with Gasteiger partial charge < -0.3 is 10.1 Å². The molecule has 2 aromatic carbocycles.